The molecule has 0 saturated heterocycles. The zero-order chi connectivity index (χ0) is 15.1. The number of pyridine rings is 1. The third kappa shape index (κ3) is 4.82. The SMILES string of the molecule is CCc1nc(CCNC(=O)N[C@H](C)c2ccncc2)cs1. The van der Waals surface area contributed by atoms with E-state index in [1.807, 2.05) is 19.1 Å². The van der Waals surface area contributed by atoms with Crippen LogP contribution in [0.1, 0.15) is 36.2 Å². The maximum Gasteiger partial charge on any atom is 0.315 e. The molecule has 2 N–H and O–H groups in total. The minimum absolute atomic E-state index is 0.0426. The molecule has 0 aromatic carbocycles. The summed E-state index contributed by atoms with van der Waals surface area (Å²) < 4.78 is 0. The van der Waals surface area contributed by atoms with Crippen LogP contribution in [0, 0.1) is 0 Å². The van der Waals surface area contributed by atoms with Crippen LogP contribution < -0.4 is 10.6 Å². The van der Waals surface area contributed by atoms with Crippen molar-refractivity contribution in [1.82, 2.24) is 20.6 Å². The van der Waals surface area contributed by atoms with E-state index in [1.165, 1.54) is 0 Å². The lowest BCUT2D eigenvalue weighted by molar-refractivity contribution is 0.238. The molecule has 0 bridgehead atoms. The maximum atomic E-state index is 11.8. The van der Waals surface area contributed by atoms with Crippen LogP contribution in [0.5, 0.6) is 0 Å². The van der Waals surface area contributed by atoms with Crippen LogP contribution in [-0.2, 0) is 12.8 Å². The van der Waals surface area contributed by atoms with Crippen molar-refractivity contribution < 1.29 is 4.79 Å². The zero-order valence-electron chi connectivity index (χ0n) is 12.3. The van der Waals surface area contributed by atoms with Crippen molar-refractivity contribution in [1.29, 1.82) is 0 Å². The van der Waals surface area contributed by atoms with E-state index in [4.69, 9.17) is 0 Å². The van der Waals surface area contributed by atoms with Crippen molar-refractivity contribution in [3.05, 3.63) is 46.2 Å². The van der Waals surface area contributed by atoms with Crippen LogP contribution in [0.4, 0.5) is 4.79 Å². The van der Waals surface area contributed by atoms with E-state index in [0.717, 1.165) is 29.1 Å². The Balaban J connectivity index is 1.72. The highest BCUT2D eigenvalue weighted by atomic mass is 32.1. The highest BCUT2D eigenvalue weighted by Crippen LogP contribution is 2.11. The van der Waals surface area contributed by atoms with Gasteiger partial charge in [-0.1, -0.05) is 6.92 Å². The van der Waals surface area contributed by atoms with Gasteiger partial charge in [0.1, 0.15) is 0 Å². The molecule has 0 aliphatic carbocycles. The molecule has 6 heteroatoms. The number of hydrogen-bond acceptors (Lipinski definition) is 4. The first-order chi connectivity index (χ1) is 10.2. The molecule has 5 nitrogen and oxygen atoms in total. The van der Waals surface area contributed by atoms with Gasteiger partial charge in [0.05, 0.1) is 16.7 Å². The number of thiazole rings is 1. The molecular formula is C15H20N4OS. The van der Waals surface area contributed by atoms with E-state index in [2.05, 4.69) is 32.9 Å². The first kappa shape index (κ1) is 15.4. The van der Waals surface area contributed by atoms with Crippen molar-refractivity contribution in [3.8, 4) is 0 Å². The molecule has 0 spiro atoms. The molecule has 0 unspecified atom stereocenters. The second-order valence-electron chi connectivity index (χ2n) is 4.74. The molecule has 0 radical (unpaired) electrons. The summed E-state index contributed by atoms with van der Waals surface area (Å²) in [7, 11) is 0. The van der Waals surface area contributed by atoms with Crippen LogP contribution in [0.3, 0.4) is 0 Å². The Labute approximate surface area is 128 Å². The minimum atomic E-state index is -0.162. The van der Waals surface area contributed by atoms with Crippen LogP contribution in [0.15, 0.2) is 29.9 Å². The topological polar surface area (TPSA) is 66.9 Å². The Morgan fingerprint density at radius 1 is 1.38 bits per heavy atom. The fourth-order valence-corrected chi connectivity index (χ4v) is 2.69. The molecule has 2 aromatic heterocycles. The third-order valence-electron chi connectivity index (χ3n) is 3.12. The van der Waals surface area contributed by atoms with E-state index in [1.54, 1.807) is 23.7 Å². The standard InChI is InChI=1S/C15H20N4OS/c1-3-14-19-13(10-21-14)6-9-17-15(20)18-11(2)12-4-7-16-8-5-12/h4-5,7-8,10-11H,3,6,9H2,1-2H3,(H2,17,18,20)/t11-/m1/s1. The van der Waals surface area contributed by atoms with Crippen molar-refractivity contribution in [2.24, 2.45) is 0 Å². The van der Waals surface area contributed by atoms with Crippen molar-refractivity contribution >= 4 is 17.4 Å². The summed E-state index contributed by atoms with van der Waals surface area (Å²) in [5, 5.41) is 8.95. The second-order valence-corrected chi connectivity index (χ2v) is 5.68. The molecule has 0 saturated carbocycles. The number of urea groups is 1. The Morgan fingerprint density at radius 3 is 2.81 bits per heavy atom. The van der Waals surface area contributed by atoms with E-state index in [-0.39, 0.29) is 12.1 Å². The molecule has 2 aromatic rings. The molecule has 2 rings (SSSR count). The predicted molar refractivity (Wildman–Crippen MR) is 84.4 cm³/mol. The lowest BCUT2D eigenvalue weighted by Gasteiger charge is -2.14. The van der Waals surface area contributed by atoms with Crippen molar-refractivity contribution in [2.75, 3.05) is 6.54 Å². The fraction of sp³-hybridized carbons (Fsp3) is 0.400. The molecule has 1 atom stereocenters. The number of nitrogens with one attached hydrogen (secondary N) is 2. The van der Waals surface area contributed by atoms with Gasteiger partial charge in [0.15, 0.2) is 0 Å². The number of hydrogen-bond donors (Lipinski definition) is 2. The first-order valence-electron chi connectivity index (χ1n) is 7.06. The second kappa shape index (κ2) is 7.73. The van der Waals surface area contributed by atoms with Gasteiger partial charge in [-0.3, -0.25) is 4.98 Å². The van der Waals surface area contributed by atoms with E-state index < -0.39 is 0 Å². The summed E-state index contributed by atoms with van der Waals surface area (Å²) >= 11 is 1.67. The average Bonchev–Trinajstić information content (AvgIpc) is 2.96. The smallest absolute Gasteiger partial charge is 0.315 e. The quantitative estimate of drug-likeness (QED) is 0.862. The number of aryl methyl sites for hydroxylation is 1. The molecule has 21 heavy (non-hydrogen) atoms. The lowest BCUT2D eigenvalue weighted by atomic mass is 10.1. The van der Waals surface area contributed by atoms with Gasteiger partial charge in [0, 0.05) is 30.7 Å². The lowest BCUT2D eigenvalue weighted by Crippen LogP contribution is -2.38. The number of amides is 2. The Hall–Kier alpha value is -1.95. The average molecular weight is 304 g/mol. The van der Waals surface area contributed by atoms with Crippen LogP contribution in [-0.4, -0.2) is 22.5 Å². The maximum absolute atomic E-state index is 11.8. The number of nitrogens with zero attached hydrogens (tertiary/aromatic N) is 2. The van der Waals surface area contributed by atoms with Gasteiger partial charge in [-0.25, -0.2) is 9.78 Å². The molecule has 112 valence electrons. The molecule has 2 amide bonds. The molecule has 0 aliphatic heterocycles. The molecule has 0 aliphatic rings. The van der Waals surface area contributed by atoms with Crippen LogP contribution >= 0.6 is 11.3 Å². The number of carbonyl (C=O) groups excluding carboxylic acids is 1. The number of rotatable bonds is 6. The number of carbonyl (C=O) groups is 1. The Morgan fingerprint density at radius 2 is 2.14 bits per heavy atom. The largest absolute Gasteiger partial charge is 0.338 e. The van der Waals surface area contributed by atoms with E-state index >= 15 is 0 Å². The predicted octanol–water partition coefficient (Wildman–Crippen LogP) is 2.70. The molecule has 2 heterocycles. The Kier molecular flexibility index (Phi) is 5.68. The van der Waals surface area contributed by atoms with E-state index in [0.29, 0.717) is 6.54 Å². The van der Waals surface area contributed by atoms with Gasteiger partial charge in [0.2, 0.25) is 0 Å². The summed E-state index contributed by atoms with van der Waals surface area (Å²) in [6.45, 7) is 4.62. The summed E-state index contributed by atoms with van der Waals surface area (Å²) in [5.41, 5.74) is 2.08. The van der Waals surface area contributed by atoms with Gasteiger partial charge in [-0.2, -0.15) is 0 Å². The zero-order valence-corrected chi connectivity index (χ0v) is 13.1. The summed E-state index contributed by atoms with van der Waals surface area (Å²) in [6, 6.07) is 3.59. The van der Waals surface area contributed by atoms with E-state index in [9.17, 15) is 4.79 Å². The van der Waals surface area contributed by atoms with Crippen LogP contribution in [0.2, 0.25) is 0 Å². The normalized spacial score (nSPS) is 11.9. The summed E-state index contributed by atoms with van der Waals surface area (Å²) in [6.07, 6.45) is 5.16. The van der Waals surface area contributed by atoms with Crippen molar-refractivity contribution in [2.45, 2.75) is 32.7 Å². The van der Waals surface area contributed by atoms with Gasteiger partial charge < -0.3 is 10.6 Å². The van der Waals surface area contributed by atoms with Crippen molar-refractivity contribution in [3.63, 3.8) is 0 Å². The summed E-state index contributed by atoms with van der Waals surface area (Å²) in [5.74, 6) is 0. The van der Waals surface area contributed by atoms with Gasteiger partial charge in [0.25, 0.3) is 0 Å². The monoisotopic (exact) mass is 304 g/mol. The van der Waals surface area contributed by atoms with Gasteiger partial charge >= 0.3 is 6.03 Å². The molecule has 0 fully saturated rings. The van der Waals surface area contributed by atoms with Gasteiger partial charge in [-0.15, -0.1) is 11.3 Å². The highest BCUT2D eigenvalue weighted by molar-refractivity contribution is 7.09. The minimum Gasteiger partial charge on any atom is -0.338 e. The summed E-state index contributed by atoms with van der Waals surface area (Å²) in [4.78, 5) is 20.3. The Bertz CT molecular complexity index is 570. The fourth-order valence-electron chi connectivity index (χ4n) is 1.91. The molecular weight excluding hydrogens is 284 g/mol. The highest BCUT2D eigenvalue weighted by Gasteiger charge is 2.08. The number of aromatic nitrogens is 2. The van der Waals surface area contributed by atoms with Gasteiger partial charge in [-0.05, 0) is 31.0 Å². The first-order valence-corrected chi connectivity index (χ1v) is 7.94. The van der Waals surface area contributed by atoms with Crippen LogP contribution in [0.25, 0.3) is 0 Å². The third-order valence-corrected chi connectivity index (χ3v) is 4.16.